The highest BCUT2D eigenvalue weighted by molar-refractivity contribution is 7.90. The first-order valence-corrected chi connectivity index (χ1v) is 9.88. The molecule has 0 bridgehead atoms. The number of aromatic nitrogens is 2. The first kappa shape index (κ1) is 16.9. The van der Waals surface area contributed by atoms with Crippen molar-refractivity contribution in [3.05, 3.63) is 36.7 Å². The van der Waals surface area contributed by atoms with Crippen LogP contribution in [0.1, 0.15) is 12.8 Å². The van der Waals surface area contributed by atoms with E-state index >= 15 is 0 Å². The van der Waals surface area contributed by atoms with Gasteiger partial charge in [0, 0.05) is 17.9 Å². The summed E-state index contributed by atoms with van der Waals surface area (Å²) in [5.41, 5.74) is 1.58. The number of nitrogens with zero attached hydrogens (tertiary/aromatic N) is 3. The van der Waals surface area contributed by atoms with Crippen LogP contribution in [-0.4, -0.2) is 55.7 Å². The summed E-state index contributed by atoms with van der Waals surface area (Å²) >= 11 is 0. The third-order valence-corrected chi connectivity index (χ3v) is 5.41. The summed E-state index contributed by atoms with van der Waals surface area (Å²) in [5, 5.41) is 3.45. The van der Waals surface area contributed by atoms with Crippen molar-refractivity contribution in [1.82, 2.24) is 14.9 Å². The Morgan fingerprint density at radius 1 is 1.12 bits per heavy atom. The minimum Gasteiger partial charge on any atom is -0.366 e. The van der Waals surface area contributed by atoms with Crippen LogP contribution in [0.25, 0.3) is 11.3 Å². The Kier molecular flexibility index (Phi) is 4.82. The maximum atomic E-state index is 11.5. The molecular weight excluding hydrogens is 324 g/mol. The number of hydrogen-bond acceptors (Lipinski definition) is 6. The Bertz CT molecular complexity index is 798. The summed E-state index contributed by atoms with van der Waals surface area (Å²) in [6.07, 6.45) is 6.80. The van der Waals surface area contributed by atoms with E-state index in [1.54, 1.807) is 36.7 Å². The van der Waals surface area contributed by atoms with Gasteiger partial charge in [-0.1, -0.05) is 12.1 Å². The van der Waals surface area contributed by atoms with E-state index in [0.717, 1.165) is 43.0 Å². The number of likely N-dealkylation sites (tertiary alicyclic amines) is 1. The molecule has 2 aromatic rings. The van der Waals surface area contributed by atoms with Crippen molar-refractivity contribution in [2.24, 2.45) is 0 Å². The fourth-order valence-corrected chi connectivity index (χ4v) is 3.44. The van der Waals surface area contributed by atoms with E-state index in [9.17, 15) is 8.42 Å². The lowest BCUT2D eigenvalue weighted by atomic mass is 10.1. The molecule has 1 aliphatic rings. The number of benzene rings is 1. The van der Waals surface area contributed by atoms with Crippen LogP contribution < -0.4 is 5.32 Å². The van der Waals surface area contributed by atoms with Gasteiger partial charge in [0.15, 0.2) is 9.84 Å². The van der Waals surface area contributed by atoms with E-state index in [4.69, 9.17) is 0 Å². The van der Waals surface area contributed by atoms with Crippen molar-refractivity contribution < 1.29 is 8.42 Å². The van der Waals surface area contributed by atoms with Crippen LogP contribution in [-0.2, 0) is 9.84 Å². The number of rotatable bonds is 4. The van der Waals surface area contributed by atoms with Gasteiger partial charge < -0.3 is 10.2 Å². The molecule has 0 unspecified atom stereocenters. The first-order valence-electron chi connectivity index (χ1n) is 7.99. The number of sulfone groups is 1. The molecular formula is C17H22N4O2S. The summed E-state index contributed by atoms with van der Waals surface area (Å²) in [7, 11) is -1.05. The zero-order chi connectivity index (χ0) is 17.2. The Hall–Kier alpha value is -1.99. The SMILES string of the molecule is CN1CCC(Nc2cncc(-c3ccc(S(C)(=O)=O)cc3)n2)CC1. The van der Waals surface area contributed by atoms with Crippen molar-refractivity contribution in [2.75, 3.05) is 31.7 Å². The van der Waals surface area contributed by atoms with Crippen molar-refractivity contribution in [1.29, 1.82) is 0 Å². The molecule has 128 valence electrons. The lowest BCUT2D eigenvalue weighted by Crippen LogP contribution is -2.36. The predicted octanol–water partition coefficient (Wildman–Crippen LogP) is 2.05. The van der Waals surface area contributed by atoms with Crippen LogP contribution in [0.4, 0.5) is 5.82 Å². The molecule has 0 spiro atoms. The van der Waals surface area contributed by atoms with Crippen molar-refractivity contribution >= 4 is 15.7 Å². The molecule has 1 N–H and O–H groups in total. The molecule has 0 saturated carbocycles. The van der Waals surface area contributed by atoms with Crippen molar-refractivity contribution in [3.63, 3.8) is 0 Å². The van der Waals surface area contributed by atoms with E-state index in [2.05, 4.69) is 27.2 Å². The molecule has 2 heterocycles. The molecule has 24 heavy (non-hydrogen) atoms. The Labute approximate surface area is 142 Å². The maximum absolute atomic E-state index is 11.5. The largest absolute Gasteiger partial charge is 0.366 e. The lowest BCUT2D eigenvalue weighted by molar-refractivity contribution is 0.263. The second-order valence-electron chi connectivity index (χ2n) is 6.31. The summed E-state index contributed by atoms with van der Waals surface area (Å²) in [6, 6.07) is 7.14. The van der Waals surface area contributed by atoms with Gasteiger partial charge in [0.2, 0.25) is 0 Å². The monoisotopic (exact) mass is 346 g/mol. The van der Waals surface area contributed by atoms with Crippen molar-refractivity contribution in [2.45, 2.75) is 23.8 Å². The molecule has 1 aromatic carbocycles. The van der Waals surface area contributed by atoms with Gasteiger partial charge in [-0.25, -0.2) is 13.4 Å². The second-order valence-corrected chi connectivity index (χ2v) is 8.32. The summed E-state index contributed by atoms with van der Waals surface area (Å²) in [5.74, 6) is 0.759. The van der Waals surface area contributed by atoms with Gasteiger partial charge in [-0.15, -0.1) is 0 Å². The molecule has 0 radical (unpaired) electrons. The standard InChI is InChI=1S/C17H22N4O2S/c1-21-9-7-14(8-10-21)19-17-12-18-11-16(20-17)13-3-5-15(6-4-13)24(2,22)23/h3-6,11-12,14H,7-10H2,1-2H3,(H,19,20). The Morgan fingerprint density at radius 3 is 2.42 bits per heavy atom. The molecule has 0 atom stereocenters. The molecule has 7 heteroatoms. The molecule has 0 aliphatic carbocycles. The summed E-state index contributed by atoms with van der Waals surface area (Å²) in [6.45, 7) is 2.16. The average Bonchev–Trinajstić information content (AvgIpc) is 2.57. The van der Waals surface area contributed by atoms with Crippen LogP contribution >= 0.6 is 0 Å². The third-order valence-electron chi connectivity index (χ3n) is 4.28. The van der Waals surface area contributed by atoms with Gasteiger partial charge in [-0.05, 0) is 45.1 Å². The van der Waals surface area contributed by atoms with E-state index in [-0.39, 0.29) is 0 Å². The van der Waals surface area contributed by atoms with Crippen molar-refractivity contribution in [3.8, 4) is 11.3 Å². The van der Waals surface area contributed by atoms with Gasteiger partial charge in [0.25, 0.3) is 0 Å². The van der Waals surface area contributed by atoms with E-state index in [1.807, 2.05) is 0 Å². The fraction of sp³-hybridized carbons (Fsp3) is 0.412. The normalized spacial score (nSPS) is 16.9. The third kappa shape index (κ3) is 4.10. The summed E-state index contributed by atoms with van der Waals surface area (Å²) in [4.78, 5) is 11.5. The van der Waals surface area contributed by atoms with Gasteiger partial charge in [0.05, 0.1) is 23.0 Å². The van der Waals surface area contributed by atoms with E-state index in [0.29, 0.717) is 10.9 Å². The number of piperidine rings is 1. The Balaban J connectivity index is 1.75. The predicted molar refractivity (Wildman–Crippen MR) is 94.7 cm³/mol. The van der Waals surface area contributed by atoms with Crippen LogP contribution in [0.2, 0.25) is 0 Å². The van der Waals surface area contributed by atoms with Crippen LogP contribution in [0.3, 0.4) is 0 Å². The lowest BCUT2D eigenvalue weighted by Gasteiger charge is -2.29. The highest BCUT2D eigenvalue weighted by Gasteiger charge is 2.17. The first-order chi connectivity index (χ1) is 11.4. The molecule has 6 nitrogen and oxygen atoms in total. The molecule has 1 saturated heterocycles. The second kappa shape index (κ2) is 6.86. The quantitative estimate of drug-likeness (QED) is 0.913. The minimum absolute atomic E-state index is 0.305. The molecule has 1 fully saturated rings. The molecule has 0 amide bonds. The average molecular weight is 346 g/mol. The van der Waals surface area contributed by atoms with E-state index < -0.39 is 9.84 Å². The van der Waals surface area contributed by atoms with E-state index in [1.165, 1.54) is 6.26 Å². The topological polar surface area (TPSA) is 75.2 Å². The smallest absolute Gasteiger partial charge is 0.175 e. The van der Waals surface area contributed by atoms with Gasteiger partial charge in [0.1, 0.15) is 5.82 Å². The number of hydrogen-bond donors (Lipinski definition) is 1. The van der Waals surface area contributed by atoms with Gasteiger partial charge >= 0.3 is 0 Å². The molecule has 3 rings (SSSR count). The highest BCUT2D eigenvalue weighted by atomic mass is 32.2. The zero-order valence-corrected chi connectivity index (χ0v) is 14.8. The number of nitrogens with one attached hydrogen (secondary N) is 1. The summed E-state index contributed by atoms with van der Waals surface area (Å²) < 4.78 is 23.1. The maximum Gasteiger partial charge on any atom is 0.175 e. The molecule has 1 aromatic heterocycles. The van der Waals surface area contributed by atoms with Crippen LogP contribution in [0, 0.1) is 0 Å². The minimum atomic E-state index is -3.19. The van der Waals surface area contributed by atoms with Gasteiger partial charge in [-0.2, -0.15) is 0 Å². The Morgan fingerprint density at radius 2 is 1.79 bits per heavy atom. The van der Waals surface area contributed by atoms with Crippen LogP contribution in [0.15, 0.2) is 41.6 Å². The van der Waals surface area contributed by atoms with Gasteiger partial charge in [-0.3, -0.25) is 4.98 Å². The zero-order valence-electron chi connectivity index (χ0n) is 13.9. The molecule has 1 aliphatic heterocycles. The number of anilines is 1. The van der Waals surface area contributed by atoms with Crippen LogP contribution in [0.5, 0.6) is 0 Å². The fourth-order valence-electron chi connectivity index (χ4n) is 2.81. The highest BCUT2D eigenvalue weighted by Crippen LogP contribution is 2.21.